The lowest BCUT2D eigenvalue weighted by atomic mass is 10.0. The minimum absolute atomic E-state index is 0.360. The average Bonchev–Trinajstić information content (AvgIpc) is 2.53. The van der Waals surface area contributed by atoms with Crippen molar-refractivity contribution in [1.29, 1.82) is 0 Å². The number of methoxy groups -OCH3 is 1. The molecule has 0 aliphatic rings. The number of hydrogen-bond acceptors (Lipinski definition) is 4. The molecule has 0 atom stereocenters. The summed E-state index contributed by atoms with van der Waals surface area (Å²) in [6.07, 6.45) is 0. The van der Waals surface area contributed by atoms with Crippen LogP contribution in [0.5, 0.6) is 0 Å². The largest absolute Gasteiger partial charge is 0.465 e. The summed E-state index contributed by atoms with van der Waals surface area (Å²) >= 11 is 0. The quantitative estimate of drug-likeness (QED) is 0.487. The van der Waals surface area contributed by atoms with Crippen LogP contribution in [0, 0.1) is 0 Å². The SMILES string of the molecule is CO/N=C(/c1ccccc1)c1ccc(C(=O)OC)cc1. The van der Waals surface area contributed by atoms with Gasteiger partial charge >= 0.3 is 5.97 Å². The van der Waals surface area contributed by atoms with E-state index < -0.39 is 0 Å². The molecule has 4 heteroatoms. The molecule has 0 fully saturated rings. The van der Waals surface area contributed by atoms with Gasteiger partial charge < -0.3 is 9.57 Å². The van der Waals surface area contributed by atoms with Crippen molar-refractivity contribution in [3.8, 4) is 0 Å². The van der Waals surface area contributed by atoms with E-state index in [9.17, 15) is 4.79 Å². The van der Waals surface area contributed by atoms with E-state index in [0.717, 1.165) is 11.1 Å². The van der Waals surface area contributed by atoms with Gasteiger partial charge in [-0.2, -0.15) is 0 Å². The predicted octanol–water partition coefficient (Wildman–Crippen LogP) is 2.87. The van der Waals surface area contributed by atoms with Crippen LogP contribution in [-0.2, 0) is 9.57 Å². The molecule has 0 saturated heterocycles. The number of hydrogen-bond donors (Lipinski definition) is 0. The Bertz CT molecular complexity index is 603. The van der Waals surface area contributed by atoms with Crippen molar-refractivity contribution in [2.45, 2.75) is 0 Å². The first-order valence-electron chi connectivity index (χ1n) is 6.11. The normalized spacial score (nSPS) is 11.0. The molecule has 0 spiro atoms. The van der Waals surface area contributed by atoms with Crippen molar-refractivity contribution in [3.63, 3.8) is 0 Å². The van der Waals surface area contributed by atoms with Crippen LogP contribution in [0.4, 0.5) is 0 Å². The van der Waals surface area contributed by atoms with Crippen LogP contribution in [0.25, 0.3) is 0 Å². The number of carbonyl (C=O) groups excluding carboxylic acids is 1. The standard InChI is InChI=1S/C16H15NO3/c1-19-16(18)14-10-8-13(9-11-14)15(17-20-2)12-6-4-3-5-7-12/h3-11H,1-2H3/b17-15-. The maximum absolute atomic E-state index is 11.4. The van der Waals surface area contributed by atoms with Crippen LogP contribution in [0.15, 0.2) is 59.8 Å². The van der Waals surface area contributed by atoms with Crippen LogP contribution in [0.1, 0.15) is 21.5 Å². The van der Waals surface area contributed by atoms with Crippen LogP contribution >= 0.6 is 0 Å². The van der Waals surface area contributed by atoms with E-state index in [1.165, 1.54) is 14.2 Å². The zero-order valence-corrected chi connectivity index (χ0v) is 11.4. The molecule has 0 bridgehead atoms. The van der Waals surface area contributed by atoms with Gasteiger partial charge in [-0.25, -0.2) is 4.79 Å². The van der Waals surface area contributed by atoms with Gasteiger partial charge in [-0.3, -0.25) is 0 Å². The van der Waals surface area contributed by atoms with Gasteiger partial charge in [0.15, 0.2) is 0 Å². The van der Waals surface area contributed by atoms with Gasteiger partial charge in [-0.1, -0.05) is 47.6 Å². The third kappa shape index (κ3) is 3.03. The summed E-state index contributed by atoms with van der Waals surface area (Å²) in [5, 5.41) is 4.06. The fourth-order valence-electron chi connectivity index (χ4n) is 1.84. The molecular formula is C16H15NO3. The Kier molecular flexibility index (Phi) is 4.50. The molecule has 102 valence electrons. The van der Waals surface area contributed by atoms with Crippen molar-refractivity contribution < 1.29 is 14.4 Å². The second-order valence-corrected chi connectivity index (χ2v) is 4.06. The zero-order valence-electron chi connectivity index (χ0n) is 11.4. The molecule has 4 nitrogen and oxygen atoms in total. The average molecular weight is 269 g/mol. The fourth-order valence-corrected chi connectivity index (χ4v) is 1.84. The predicted molar refractivity (Wildman–Crippen MR) is 76.9 cm³/mol. The maximum Gasteiger partial charge on any atom is 0.337 e. The third-order valence-corrected chi connectivity index (χ3v) is 2.81. The lowest BCUT2D eigenvalue weighted by Crippen LogP contribution is -2.06. The minimum atomic E-state index is -0.360. The van der Waals surface area contributed by atoms with E-state index in [1.807, 2.05) is 42.5 Å². The van der Waals surface area contributed by atoms with Gasteiger partial charge in [-0.15, -0.1) is 0 Å². The third-order valence-electron chi connectivity index (χ3n) is 2.81. The molecule has 2 aromatic carbocycles. The highest BCUT2D eigenvalue weighted by molar-refractivity contribution is 6.12. The van der Waals surface area contributed by atoms with E-state index in [1.54, 1.807) is 12.1 Å². The zero-order chi connectivity index (χ0) is 14.4. The number of benzene rings is 2. The van der Waals surface area contributed by atoms with E-state index >= 15 is 0 Å². The van der Waals surface area contributed by atoms with Crippen LogP contribution in [0.2, 0.25) is 0 Å². The molecule has 0 radical (unpaired) electrons. The molecule has 2 rings (SSSR count). The maximum atomic E-state index is 11.4. The Morgan fingerprint density at radius 2 is 1.40 bits per heavy atom. The highest BCUT2D eigenvalue weighted by atomic mass is 16.6. The number of ether oxygens (including phenoxy) is 1. The van der Waals surface area contributed by atoms with Gasteiger partial charge in [0.25, 0.3) is 0 Å². The molecule has 0 aliphatic carbocycles. The first kappa shape index (κ1) is 13.8. The second-order valence-electron chi connectivity index (χ2n) is 4.06. The van der Waals surface area contributed by atoms with E-state index in [-0.39, 0.29) is 5.97 Å². The number of nitrogens with zero attached hydrogens (tertiary/aromatic N) is 1. The Morgan fingerprint density at radius 3 is 1.95 bits per heavy atom. The first-order valence-corrected chi connectivity index (χ1v) is 6.11. The van der Waals surface area contributed by atoms with Gasteiger partial charge in [-0.05, 0) is 12.1 Å². The topological polar surface area (TPSA) is 47.9 Å². The number of rotatable bonds is 4. The summed E-state index contributed by atoms with van der Waals surface area (Å²) in [5.74, 6) is -0.360. The number of carbonyl (C=O) groups is 1. The highest BCUT2D eigenvalue weighted by Crippen LogP contribution is 2.13. The Hall–Kier alpha value is -2.62. The summed E-state index contributed by atoms with van der Waals surface area (Å²) < 4.78 is 4.67. The van der Waals surface area contributed by atoms with Gasteiger partial charge in [0.1, 0.15) is 12.8 Å². The Morgan fingerprint density at radius 1 is 0.850 bits per heavy atom. The molecule has 0 unspecified atom stereocenters. The fraction of sp³-hybridized carbons (Fsp3) is 0.125. The summed E-state index contributed by atoms with van der Waals surface area (Å²) in [7, 11) is 2.86. The van der Waals surface area contributed by atoms with Crippen LogP contribution in [0.3, 0.4) is 0 Å². The molecule has 0 aromatic heterocycles. The molecule has 2 aromatic rings. The number of oxime groups is 1. The van der Waals surface area contributed by atoms with Crippen molar-refractivity contribution in [1.82, 2.24) is 0 Å². The second kappa shape index (κ2) is 6.52. The summed E-state index contributed by atoms with van der Waals surface area (Å²) in [4.78, 5) is 16.3. The summed E-state index contributed by atoms with van der Waals surface area (Å²) in [5.41, 5.74) is 3.02. The van der Waals surface area contributed by atoms with Crippen LogP contribution < -0.4 is 0 Å². The lowest BCUT2D eigenvalue weighted by Gasteiger charge is -2.07. The van der Waals surface area contributed by atoms with Gasteiger partial charge in [0.2, 0.25) is 0 Å². The van der Waals surface area contributed by atoms with Crippen molar-refractivity contribution in [3.05, 3.63) is 71.3 Å². The van der Waals surface area contributed by atoms with Gasteiger partial charge in [0, 0.05) is 11.1 Å². The van der Waals surface area contributed by atoms with E-state index in [0.29, 0.717) is 11.3 Å². The van der Waals surface area contributed by atoms with Crippen molar-refractivity contribution >= 4 is 11.7 Å². The summed E-state index contributed by atoms with van der Waals surface area (Å²) in [6.45, 7) is 0. The van der Waals surface area contributed by atoms with Crippen molar-refractivity contribution in [2.75, 3.05) is 14.2 Å². The monoisotopic (exact) mass is 269 g/mol. The molecule has 0 saturated carbocycles. The molecule has 0 N–H and O–H groups in total. The minimum Gasteiger partial charge on any atom is -0.465 e. The van der Waals surface area contributed by atoms with E-state index in [4.69, 9.17) is 4.84 Å². The van der Waals surface area contributed by atoms with Gasteiger partial charge in [0.05, 0.1) is 12.7 Å². The molecule has 0 heterocycles. The molecule has 0 aliphatic heterocycles. The molecular weight excluding hydrogens is 254 g/mol. The number of esters is 1. The Balaban J connectivity index is 2.37. The molecule has 0 amide bonds. The lowest BCUT2D eigenvalue weighted by molar-refractivity contribution is 0.0601. The van der Waals surface area contributed by atoms with E-state index in [2.05, 4.69) is 9.89 Å². The highest BCUT2D eigenvalue weighted by Gasteiger charge is 2.10. The first-order chi connectivity index (χ1) is 9.76. The smallest absolute Gasteiger partial charge is 0.337 e. The summed E-state index contributed by atoms with van der Waals surface area (Å²) in [6, 6.07) is 16.7. The molecule has 20 heavy (non-hydrogen) atoms. The van der Waals surface area contributed by atoms with Crippen molar-refractivity contribution in [2.24, 2.45) is 5.16 Å². The van der Waals surface area contributed by atoms with Crippen LogP contribution in [-0.4, -0.2) is 25.9 Å². The Labute approximate surface area is 117 Å².